The molecule has 0 saturated heterocycles. The van der Waals surface area contributed by atoms with Crippen LogP contribution in [0.25, 0.3) is 11.1 Å². The summed E-state index contributed by atoms with van der Waals surface area (Å²) in [6.45, 7) is 5.26. The molecule has 5 rings (SSSR count). The summed E-state index contributed by atoms with van der Waals surface area (Å²) in [5.74, 6) is 1.33. The number of ether oxygens (including phenoxy) is 1. The van der Waals surface area contributed by atoms with Crippen LogP contribution in [-0.4, -0.2) is 85.5 Å². The van der Waals surface area contributed by atoms with Gasteiger partial charge in [-0.2, -0.15) is 26.3 Å². The first-order chi connectivity index (χ1) is 21.5. The van der Waals surface area contributed by atoms with E-state index in [-0.39, 0.29) is 23.6 Å². The molecule has 3 aromatic rings. The average molecular weight is 660 g/mol. The highest BCUT2D eigenvalue weighted by molar-refractivity contribution is 8.32. The van der Waals surface area contributed by atoms with E-state index >= 15 is 4.39 Å². The summed E-state index contributed by atoms with van der Waals surface area (Å²) >= 11 is 1.67. The van der Waals surface area contributed by atoms with Crippen molar-refractivity contribution < 1.29 is 18.7 Å². The van der Waals surface area contributed by atoms with E-state index in [1.54, 1.807) is 45.5 Å². The Labute approximate surface area is 271 Å². The Bertz CT molecular complexity index is 1500. The monoisotopic (exact) mass is 659 g/mol. The molecule has 0 unspecified atom stereocenters. The fourth-order valence-electron chi connectivity index (χ4n) is 5.89. The summed E-state index contributed by atoms with van der Waals surface area (Å²) in [6, 6.07) is 4.15. The molecule has 246 valence electrons. The molecule has 0 radical (unpaired) electrons. The minimum absolute atomic E-state index is 0.0313. The van der Waals surface area contributed by atoms with Crippen molar-refractivity contribution in [1.82, 2.24) is 29.9 Å². The van der Waals surface area contributed by atoms with E-state index in [1.807, 2.05) is 20.1 Å². The van der Waals surface area contributed by atoms with Crippen molar-refractivity contribution >= 4 is 39.4 Å². The minimum Gasteiger partial charge on any atom is -0.358 e. The third-order valence-corrected chi connectivity index (χ3v) is 10.5. The molecular weight excluding hydrogens is 614 g/mol. The first kappa shape index (κ1) is 33.5. The summed E-state index contributed by atoms with van der Waals surface area (Å²) in [6.07, 6.45) is 14.5. The van der Waals surface area contributed by atoms with E-state index in [9.17, 15) is 9.59 Å². The number of carbonyl (C=O) groups excluding carboxylic acids is 2. The molecule has 0 bridgehead atoms. The smallest absolute Gasteiger partial charge is 0.270 e. The summed E-state index contributed by atoms with van der Waals surface area (Å²) < 4.78 is 24.8. The second-order valence-corrected chi connectivity index (χ2v) is 18.6. The van der Waals surface area contributed by atoms with Gasteiger partial charge in [0.15, 0.2) is 0 Å². The van der Waals surface area contributed by atoms with Crippen LogP contribution in [0.1, 0.15) is 47.6 Å². The van der Waals surface area contributed by atoms with Crippen molar-refractivity contribution in [2.75, 3.05) is 48.5 Å². The molecule has 0 spiro atoms. The first-order valence-corrected chi connectivity index (χ1v) is 20.0. The zero-order valence-electron chi connectivity index (χ0n) is 27.1. The number of thioether (sulfide) groups is 1. The van der Waals surface area contributed by atoms with E-state index in [0.29, 0.717) is 54.2 Å². The number of pyridine rings is 1. The van der Waals surface area contributed by atoms with Gasteiger partial charge in [0, 0.05) is 34.5 Å². The zero-order valence-corrected chi connectivity index (χ0v) is 28.8. The number of hydrogen-bond donors (Lipinski definition) is 2. The number of amides is 2. The number of rotatable bonds is 16. The lowest BCUT2D eigenvalue weighted by Gasteiger charge is -2.27. The molecule has 2 amide bonds. The van der Waals surface area contributed by atoms with Crippen LogP contribution in [0.3, 0.4) is 0 Å². The Morgan fingerprint density at radius 1 is 1.11 bits per heavy atom. The summed E-state index contributed by atoms with van der Waals surface area (Å²) in [5, 5.41) is 14.7. The minimum atomic E-state index is -0.756. The third-order valence-electron chi connectivity index (χ3n) is 8.55. The van der Waals surface area contributed by atoms with Gasteiger partial charge < -0.3 is 15.4 Å². The Hall–Kier alpha value is -2.90. The number of hydrogen-bond acceptors (Lipinski definition) is 7. The fraction of sp³-hybridized carbons (Fsp3) is 0.594. The maximum absolute atomic E-state index is 15.6. The molecule has 0 aromatic carbocycles. The molecule has 13 heteroatoms. The van der Waals surface area contributed by atoms with Crippen LogP contribution >= 0.6 is 21.8 Å². The van der Waals surface area contributed by atoms with Gasteiger partial charge in [0.05, 0.1) is 18.8 Å². The van der Waals surface area contributed by atoms with Crippen molar-refractivity contribution in [1.29, 1.82) is 0 Å². The van der Waals surface area contributed by atoms with Crippen LogP contribution in [0.4, 0.5) is 10.2 Å². The second-order valence-electron chi connectivity index (χ2n) is 13.0. The normalized spacial score (nSPS) is 16.2. The van der Waals surface area contributed by atoms with Gasteiger partial charge in [-0.1, -0.05) is 0 Å². The van der Waals surface area contributed by atoms with Crippen LogP contribution in [-0.2, 0) is 22.8 Å². The van der Waals surface area contributed by atoms with Crippen LogP contribution < -0.4 is 10.6 Å². The molecule has 10 nitrogen and oxygen atoms in total. The van der Waals surface area contributed by atoms with Gasteiger partial charge in [-0.3, -0.25) is 14.3 Å². The van der Waals surface area contributed by atoms with E-state index in [0.717, 1.165) is 42.9 Å². The van der Waals surface area contributed by atoms with Gasteiger partial charge >= 0.3 is 0 Å². The lowest BCUT2D eigenvalue weighted by molar-refractivity contribution is -0.119. The Morgan fingerprint density at radius 3 is 2.44 bits per heavy atom. The second kappa shape index (κ2) is 14.3. The first-order valence-electron chi connectivity index (χ1n) is 15.5. The van der Waals surface area contributed by atoms with Crippen molar-refractivity contribution in [3.63, 3.8) is 0 Å². The molecule has 2 saturated carbocycles. The number of halogens is 1. The Kier molecular flexibility index (Phi) is 10.6. The zero-order chi connectivity index (χ0) is 32.3. The number of nitrogens with one attached hydrogen (secondary N) is 2. The maximum atomic E-state index is 15.6. The number of aryl methyl sites for hydroxylation is 2. The van der Waals surface area contributed by atoms with Crippen LogP contribution in [0.15, 0.2) is 24.4 Å². The lowest BCUT2D eigenvalue weighted by Crippen LogP contribution is -2.50. The highest BCUT2D eigenvalue weighted by atomic mass is 32.3. The van der Waals surface area contributed by atoms with Crippen molar-refractivity contribution in [2.45, 2.75) is 58.8 Å². The highest BCUT2D eigenvalue weighted by Crippen LogP contribution is 2.51. The largest absolute Gasteiger partial charge is 0.358 e. The van der Waals surface area contributed by atoms with Crippen molar-refractivity contribution in [3.05, 3.63) is 47.4 Å². The van der Waals surface area contributed by atoms with Crippen LogP contribution in [0.2, 0.25) is 0 Å². The van der Waals surface area contributed by atoms with Gasteiger partial charge in [-0.15, -0.1) is 0 Å². The number of carbonyl (C=O) groups is 2. The third kappa shape index (κ3) is 8.48. The molecule has 3 aromatic heterocycles. The predicted octanol–water partition coefficient (Wildman–Crippen LogP) is 5.10. The summed E-state index contributed by atoms with van der Waals surface area (Å²) in [5.41, 5.74) is 2.85. The highest BCUT2D eigenvalue weighted by Gasteiger charge is 2.48. The number of nitrogens with zero attached hydrogens (tertiary/aromatic N) is 5. The fourth-order valence-corrected chi connectivity index (χ4v) is 6.86. The van der Waals surface area contributed by atoms with Crippen molar-refractivity contribution in [2.24, 2.45) is 17.8 Å². The molecule has 2 aliphatic carbocycles. The molecular formula is C32H46FN7O3S2. The number of anilines is 1. The van der Waals surface area contributed by atoms with Gasteiger partial charge in [-0.25, -0.2) is 19.7 Å². The molecule has 1 atom stereocenters. The summed E-state index contributed by atoms with van der Waals surface area (Å²) in [7, 11) is -0.655. The van der Waals surface area contributed by atoms with E-state index < -0.39 is 22.0 Å². The van der Waals surface area contributed by atoms with Crippen LogP contribution in [0, 0.1) is 37.5 Å². The molecule has 2 aliphatic rings. The van der Waals surface area contributed by atoms with Gasteiger partial charge in [0.1, 0.15) is 24.3 Å². The topological polar surface area (TPSA) is 116 Å². The quantitative estimate of drug-likeness (QED) is 0.162. The maximum Gasteiger partial charge on any atom is 0.270 e. The molecule has 0 aliphatic heterocycles. The van der Waals surface area contributed by atoms with E-state index in [2.05, 4.69) is 44.6 Å². The summed E-state index contributed by atoms with van der Waals surface area (Å²) in [4.78, 5) is 31.4. The van der Waals surface area contributed by atoms with Crippen LogP contribution in [0.5, 0.6) is 0 Å². The standard InChI is InChI=1S/C32H46FN7O3S2/c1-20-27(21(2)40(38-20)19-43-16-18-45(4,5)6)24-11-12-26(35-30(24)33)36-32(42)29(28(22-7-8-22)23-9-10-23)37-31(41)25-13-14-34-39(25)15-17-44-3/h11-14,22-23,28-29H,7-10,15-19H2,1-6H3,(H,37,41)(H,35,36,42)/t29-/m0/s1. The Balaban J connectivity index is 1.31. The molecule has 3 heterocycles. The molecule has 2 N–H and O–H groups in total. The number of aromatic nitrogens is 5. The predicted molar refractivity (Wildman–Crippen MR) is 181 cm³/mol. The molecule has 45 heavy (non-hydrogen) atoms. The van der Waals surface area contributed by atoms with Gasteiger partial charge in [0.2, 0.25) is 11.9 Å². The van der Waals surface area contributed by atoms with E-state index in [4.69, 9.17) is 4.74 Å². The van der Waals surface area contributed by atoms with Gasteiger partial charge in [-0.05, 0) is 101 Å². The SMILES string of the molecule is CSCCn1nccc1C(=O)N[C@H](C(=O)Nc1ccc(-c2c(C)nn(COCCS(C)(C)C)c2C)c(F)n1)C(C1CC1)C1CC1. The van der Waals surface area contributed by atoms with Crippen molar-refractivity contribution in [3.8, 4) is 11.1 Å². The molecule has 2 fully saturated rings. The van der Waals surface area contributed by atoms with Gasteiger partial charge in [0.25, 0.3) is 5.91 Å². The average Bonchev–Trinajstić information content (AvgIpc) is 3.92. The Morgan fingerprint density at radius 2 is 1.82 bits per heavy atom. The lowest BCUT2D eigenvalue weighted by atomic mass is 9.88. The van der Waals surface area contributed by atoms with E-state index in [1.165, 1.54) is 0 Å².